The lowest BCUT2D eigenvalue weighted by Crippen LogP contribution is -2.43. The highest BCUT2D eigenvalue weighted by molar-refractivity contribution is 5.78. The predicted molar refractivity (Wildman–Crippen MR) is 89.4 cm³/mol. The summed E-state index contributed by atoms with van der Waals surface area (Å²) in [6, 6.07) is 9.88. The summed E-state index contributed by atoms with van der Waals surface area (Å²) in [5.74, 6) is 1.15. The Labute approximate surface area is 138 Å². The van der Waals surface area contributed by atoms with Crippen molar-refractivity contribution in [3.05, 3.63) is 30.3 Å². The number of carbonyl (C=O) groups is 1. The largest absolute Gasteiger partial charge is 0.493 e. The fourth-order valence-electron chi connectivity index (χ4n) is 3.18. The van der Waals surface area contributed by atoms with Crippen LogP contribution in [-0.4, -0.2) is 31.3 Å². The minimum Gasteiger partial charge on any atom is -0.493 e. The first-order valence-electron chi connectivity index (χ1n) is 8.58. The molecule has 0 radical (unpaired) electrons. The van der Waals surface area contributed by atoms with Crippen molar-refractivity contribution < 1.29 is 14.3 Å². The van der Waals surface area contributed by atoms with Gasteiger partial charge in [0.05, 0.1) is 12.2 Å². The molecule has 1 amide bonds. The molecule has 1 saturated carbocycles. The smallest absolute Gasteiger partial charge is 0.223 e. The van der Waals surface area contributed by atoms with Crippen LogP contribution in [0.1, 0.15) is 39.5 Å². The zero-order valence-electron chi connectivity index (χ0n) is 14.1. The van der Waals surface area contributed by atoms with Gasteiger partial charge in [0.15, 0.2) is 0 Å². The highest BCUT2D eigenvalue weighted by atomic mass is 16.5. The highest BCUT2D eigenvalue weighted by Gasteiger charge is 2.44. The quantitative estimate of drug-likeness (QED) is 0.876. The van der Waals surface area contributed by atoms with Gasteiger partial charge in [0.1, 0.15) is 5.75 Å². The second kappa shape index (κ2) is 6.52. The fraction of sp³-hybridized carbons (Fsp3) is 0.632. The van der Waals surface area contributed by atoms with Crippen molar-refractivity contribution in [3.8, 4) is 5.75 Å². The molecule has 23 heavy (non-hydrogen) atoms. The van der Waals surface area contributed by atoms with E-state index in [2.05, 4.69) is 19.2 Å². The number of carbonyl (C=O) groups excluding carboxylic acids is 1. The number of amides is 1. The second-order valence-corrected chi connectivity index (χ2v) is 7.62. The number of benzene rings is 1. The number of hydrogen-bond donors (Lipinski definition) is 1. The molecule has 0 unspecified atom stereocenters. The Morgan fingerprint density at radius 2 is 2.04 bits per heavy atom. The molecule has 4 heteroatoms. The summed E-state index contributed by atoms with van der Waals surface area (Å²) in [6.07, 6.45) is 3.87. The van der Waals surface area contributed by atoms with E-state index in [1.54, 1.807) is 0 Å². The standard InChI is InChI=1S/C19H27NO3/c1-18(2)12-15(8-11-23-18)17(21)20-13-19(9-10-19)14-22-16-6-4-3-5-7-16/h3-7,15H,8-14H2,1-2H3,(H,20,21)/t15-/m0/s1. The summed E-state index contributed by atoms with van der Waals surface area (Å²) in [6.45, 7) is 6.19. The third-order valence-electron chi connectivity index (χ3n) is 4.95. The Bertz CT molecular complexity index is 537. The summed E-state index contributed by atoms with van der Waals surface area (Å²) >= 11 is 0. The van der Waals surface area contributed by atoms with E-state index in [9.17, 15) is 4.79 Å². The number of para-hydroxylation sites is 1. The van der Waals surface area contributed by atoms with E-state index in [4.69, 9.17) is 9.47 Å². The molecular weight excluding hydrogens is 290 g/mol. The van der Waals surface area contributed by atoms with E-state index in [0.29, 0.717) is 13.2 Å². The van der Waals surface area contributed by atoms with E-state index in [1.807, 2.05) is 30.3 Å². The summed E-state index contributed by atoms with van der Waals surface area (Å²) in [5, 5.41) is 3.15. The molecule has 2 fully saturated rings. The molecule has 4 nitrogen and oxygen atoms in total. The first kappa shape index (κ1) is 16.3. The maximum atomic E-state index is 12.4. The monoisotopic (exact) mass is 317 g/mol. The van der Waals surface area contributed by atoms with Gasteiger partial charge in [-0.1, -0.05) is 18.2 Å². The topological polar surface area (TPSA) is 47.6 Å². The maximum Gasteiger partial charge on any atom is 0.223 e. The van der Waals surface area contributed by atoms with Crippen LogP contribution < -0.4 is 10.1 Å². The number of rotatable bonds is 6. The third kappa shape index (κ3) is 4.47. The molecule has 0 spiro atoms. The summed E-state index contributed by atoms with van der Waals surface area (Å²) in [5.41, 5.74) is -0.0554. The molecule has 1 aliphatic carbocycles. The Hall–Kier alpha value is -1.55. The van der Waals surface area contributed by atoms with Gasteiger partial charge in [-0.2, -0.15) is 0 Å². The first-order chi connectivity index (χ1) is 11.0. The van der Waals surface area contributed by atoms with Crippen LogP contribution in [0.3, 0.4) is 0 Å². The van der Waals surface area contributed by atoms with Gasteiger partial charge in [-0.25, -0.2) is 0 Å². The molecule has 1 saturated heterocycles. The molecule has 1 atom stereocenters. The van der Waals surface area contributed by atoms with Crippen molar-refractivity contribution in [3.63, 3.8) is 0 Å². The van der Waals surface area contributed by atoms with Crippen LogP contribution in [0.4, 0.5) is 0 Å². The van der Waals surface area contributed by atoms with Gasteiger partial charge in [0, 0.05) is 24.5 Å². The minimum absolute atomic E-state index is 0.0737. The number of nitrogens with one attached hydrogen (secondary N) is 1. The van der Waals surface area contributed by atoms with Gasteiger partial charge < -0.3 is 14.8 Å². The molecule has 1 N–H and O–H groups in total. The van der Waals surface area contributed by atoms with Crippen molar-refractivity contribution in [2.75, 3.05) is 19.8 Å². The van der Waals surface area contributed by atoms with Crippen LogP contribution in [-0.2, 0) is 9.53 Å². The maximum absolute atomic E-state index is 12.4. The molecule has 126 valence electrons. The molecule has 1 heterocycles. The molecule has 1 aliphatic heterocycles. The molecule has 1 aromatic rings. The molecule has 1 aromatic carbocycles. The van der Waals surface area contributed by atoms with Crippen LogP contribution in [0.2, 0.25) is 0 Å². The molecule has 2 aliphatic rings. The van der Waals surface area contributed by atoms with Crippen molar-refractivity contribution >= 4 is 5.91 Å². The Morgan fingerprint density at radius 1 is 1.30 bits per heavy atom. The molecule has 0 aromatic heterocycles. The highest BCUT2D eigenvalue weighted by Crippen LogP contribution is 2.45. The summed E-state index contributed by atoms with van der Waals surface area (Å²) < 4.78 is 11.6. The van der Waals surface area contributed by atoms with E-state index < -0.39 is 0 Å². The van der Waals surface area contributed by atoms with Crippen molar-refractivity contribution in [1.82, 2.24) is 5.32 Å². The minimum atomic E-state index is -0.187. The Balaban J connectivity index is 1.45. The lowest BCUT2D eigenvalue weighted by molar-refractivity contribution is -0.135. The van der Waals surface area contributed by atoms with Gasteiger partial charge in [-0.3, -0.25) is 4.79 Å². The van der Waals surface area contributed by atoms with Crippen LogP contribution in [0, 0.1) is 11.3 Å². The van der Waals surface area contributed by atoms with Crippen LogP contribution in [0.25, 0.3) is 0 Å². The molecular formula is C19H27NO3. The zero-order chi connectivity index (χ0) is 16.3. The average molecular weight is 317 g/mol. The Kier molecular flexibility index (Phi) is 4.62. The Morgan fingerprint density at radius 3 is 2.70 bits per heavy atom. The van der Waals surface area contributed by atoms with Crippen LogP contribution >= 0.6 is 0 Å². The second-order valence-electron chi connectivity index (χ2n) is 7.62. The lowest BCUT2D eigenvalue weighted by Gasteiger charge is -2.35. The number of ether oxygens (including phenoxy) is 2. The van der Waals surface area contributed by atoms with Gasteiger partial charge in [0.25, 0.3) is 0 Å². The van der Waals surface area contributed by atoms with Crippen molar-refractivity contribution in [2.24, 2.45) is 11.3 Å². The predicted octanol–water partition coefficient (Wildman–Crippen LogP) is 3.17. The average Bonchev–Trinajstić information content (AvgIpc) is 3.31. The zero-order valence-corrected chi connectivity index (χ0v) is 14.1. The number of hydrogen-bond acceptors (Lipinski definition) is 3. The van der Waals surface area contributed by atoms with Crippen LogP contribution in [0.5, 0.6) is 5.75 Å². The van der Waals surface area contributed by atoms with E-state index in [1.165, 1.54) is 0 Å². The normalized spacial score (nSPS) is 24.7. The van der Waals surface area contributed by atoms with E-state index >= 15 is 0 Å². The summed E-state index contributed by atoms with van der Waals surface area (Å²) in [7, 11) is 0. The first-order valence-corrected chi connectivity index (χ1v) is 8.58. The van der Waals surface area contributed by atoms with Gasteiger partial charge in [-0.05, 0) is 51.7 Å². The van der Waals surface area contributed by atoms with Crippen molar-refractivity contribution in [1.29, 1.82) is 0 Å². The van der Waals surface area contributed by atoms with E-state index in [-0.39, 0.29) is 22.8 Å². The molecule has 0 bridgehead atoms. The van der Waals surface area contributed by atoms with E-state index in [0.717, 1.165) is 38.0 Å². The fourth-order valence-corrected chi connectivity index (χ4v) is 3.18. The summed E-state index contributed by atoms with van der Waals surface area (Å²) in [4.78, 5) is 12.4. The van der Waals surface area contributed by atoms with Gasteiger partial charge in [-0.15, -0.1) is 0 Å². The van der Waals surface area contributed by atoms with Gasteiger partial charge >= 0.3 is 0 Å². The van der Waals surface area contributed by atoms with Crippen LogP contribution in [0.15, 0.2) is 30.3 Å². The lowest BCUT2D eigenvalue weighted by atomic mass is 9.87. The SMILES string of the molecule is CC1(C)C[C@@H](C(=O)NCC2(COc3ccccc3)CC2)CCO1. The van der Waals surface area contributed by atoms with Crippen molar-refractivity contribution in [2.45, 2.75) is 45.1 Å². The van der Waals surface area contributed by atoms with Gasteiger partial charge in [0.2, 0.25) is 5.91 Å². The third-order valence-corrected chi connectivity index (χ3v) is 4.95. The molecule has 3 rings (SSSR count).